The summed E-state index contributed by atoms with van der Waals surface area (Å²) in [6.45, 7) is 52.8. The summed E-state index contributed by atoms with van der Waals surface area (Å²) in [5.41, 5.74) is 0.163. The third-order valence-corrected chi connectivity index (χ3v) is 34.5. The minimum Gasteiger partial charge on any atom is -0.344 e. The molecule has 0 amide bonds. The average Bonchev–Trinajstić information content (AvgIpc) is 1.57. The Morgan fingerprint density at radius 3 is 0.932 bits per heavy atom. The van der Waals surface area contributed by atoms with Gasteiger partial charge in [0.05, 0.1) is 29.4 Å². The molecule has 0 aromatic rings. The number of nitrogens with zero attached hydrogens (tertiary/aromatic N) is 7. The summed E-state index contributed by atoms with van der Waals surface area (Å²) in [5.74, 6) is -0.213. The number of sulfone groups is 3. The van der Waals surface area contributed by atoms with Gasteiger partial charge >= 0.3 is 550 Å². The van der Waals surface area contributed by atoms with Crippen LogP contribution in [0.3, 0.4) is 0 Å². The Kier molecular flexibility index (Phi) is 64.3. The van der Waals surface area contributed by atoms with Crippen molar-refractivity contribution in [1.82, 2.24) is 6.15 Å². The molecule has 9 N–H and O–H groups in total. The number of nitriles is 7. The van der Waals surface area contributed by atoms with E-state index in [0.29, 0.717) is 39.9 Å². The van der Waals surface area contributed by atoms with E-state index in [2.05, 4.69) is 59.2 Å². The van der Waals surface area contributed by atoms with Gasteiger partial charge in [0.1, 0.15) is 0 Å². The number of hydrogen-bond donors (Lipinski definition) is 7. The maximum Gasteiger partial charge on any atom is 0.335 e. The molecule has 5 unspecified atom stereocenters. The van der Waals surface area contributed by atoms with Gasteiger partial charge in [0.15, 0.2) is 19.7 Å². The third kappa shape index (κ3) is 64.9. The first-order valence-electron chi connectivity index (χ1n) is 37.2. The maximum absolute atomic E-state index is 13.0. The normalized spacial score (nSPS) is 20.9. The van der Waals surface area contributed by atoms with E-state index in [4.69, 9.17) is 104 Å². The van der Waals surface area contributed by atoms with Crippen LogP contribution in [-0.2, 0) is 85.9 Å². The summed E-state index contributed by atoms with van der Waals surface area (Å²) in [7, 11) is -9.73. The van der Waals surface area contributed by atoms with Crippen LogP contribution in [-0.4, -0.2) is 203 Å². The van der Waals surface area contributed by atoms with Gasteiger partial charge in [0.25, 0.3) is 0 Å². The Bertz CT molecular complexity index is 4510. The predicted octanol–water partition coefficient (Wildman–Crippen LogP) is 12.6. The van der Waals surface area contributed by atoms with Crippen LogP contribution >= 0.6 is 0 Å². The van der Waals surface area contributed by atoms with Crippen LogP contribution in [0.2, 0.25) is 31.3 Å². The van der Waals surface area contributed by atoms with Gasteiger partial charge in [-0.15, -0.1) is 0 Å². The zero-order valence-electron chi connectivity index (χ0n) is 77.0. The molecule has 2 saturated heterocycles. The SMILES string of the molecule is C=C(C#N)C(=C)C#N.C=C/C(=C\C)C[As](=O)(O)O.C=C/C(=C\C)C[As](=O)(O)O.C=C/C(=C\C)C[As](=O)(O)O.C=C/C(=C\C)C[As](=O)(OCCC#N)OCCC#N.C=C/C(=C\C)C[As]1(=O)OC(C)(C#N)C(C)(C#N)O1.C=C/C(=C\C)C[As]1(=O)OC(C)(CC)C(C)(CS(C)(=O)=O)O1.C=CC#N.CC(=C\S(C)(=O)=O)/C(C)=C/S(C)(=O)=O.N.O=S=O.[2HH].[2HH].[2HH].[2HH].[2H][2H].[2H][2H].[2H][2H].[2H][2H]. The molecule has 2 heterocycles. The molecule has 0 aromatic heterocycles. The second-order valence-electron chi connectivity index (χ2n) is 24.0. The van der Waals surface area contributed by atoms with Crippen LogP contribution in [0.4, 0.5) is 0 Å². The molecule has 0 saturated carbocycles. The molecule has 2 aliphatic heterocycles. The molecule has 2 fully saturated rings. The standard InChI is InChI=1S/C14H25AsO5S.C12H15AsN2O3.C12H17AsN2O3.C8H14O4S2.3C6H11AsO3.C6H4N2.C3H3N.H3N.O2S.8H2/c1-7-12(8-2)10-15(16)19-13(4,9-3)14(5,20-15)11-21(6,17)18;1-5-10(6-2)7-13(16)17-11(3,8-14)12(4,9-15)18-13;1-3-12(4-2)11-13(16,17-9-5-7-14)18-10-6-8-15;1-7(5-13(3,9)10)8(2)6-14(4,11)12;3*1-3-6(4-2)5-7(8,9)10;1-5(3-7)6(2)4-8;1-2-3-4;;1-3-2;;;;;;;;/h7-8H,1,9-11H2,2-6H3;5-6H,1,7H2,2-4H3;3-4H,1,5-6,9-11H2,2H3;5-6H,1-4H3;3*3-4H,1,5H2,2H3,(H2,8,9,10);1-2H2;2H,1H2;1H3;;8*1H/b12-8+;10-6+;12-4+;7-5+,8-6+;3*6-4+;;;;;;;;;;;;/i;;;;;;;;;;;4*1+1D;4*1+1. The number of rotatable bonds is 31. The van der Waals surface area contributed by atoms with Crippen molar-refractivity contribution in [2.75, 3.05) is 37.7 Å². The molecule has 0 spiro atoms. The van der Waals surface area contributed by atoms with Crippen LogP contribution in [0.5, 0.6) is 0 Å². The van der Waals surface area contributed by atoms with Crippen molar-refractivity contribution in [2.45, 2.75) is 163 Å². The van der Waals surface area contributed by atoms with Gasteiger partial charge in [-0.25, -0.2) is 16.8 Å². The second-order valence-corrected chi connectivity index (χ2v) is 52.8. The summed E-state index contributed by atoms with van der Waals surface area (Å²) >= 11 is -26.5. The summed E-state index contributed by atoms with van der Waals surface area (Å²) < 4.78 is 277. The fraction of sp³-hybridized carbons (Fsp3) is 0.438. The van der Waals surface area contributed by atoms with Crippen molar-refractivity contribution in [3.63, 3.8) is 0 Å². The van der Waals surface area contributed by atoms with Crippen molar-refractivity contribution in [1.29, 1.82) is 36.8 Å². The Morgan fingerprint density at radius 1 is 0.504 bits per heavy atom. The van der Waals surface area contributed by atoms with Crippen LogP contribution in [0, 0.1) is 79.3 Å². The molecule has 2 rings (SSSR count). The topological polar surface area (TPSA) is 617 Å². The smallest absolute Gasteiger partial charge is 0.335 e. The minimum atomic E-state index is -4.46. The zero-order valence-corrected chi connectivity index (χ0v) is 83.5. The molecule has 44 heteroatoms. The van der Waals surface area contributed by atoms with Gasteiger partial charge in [-0.1, -0.05) is 19.7 Å². The Balaban J connectivity index is -0.0000000731. The average molecular weight is 2130 g/mol. The summed E-state index contributed by atoms with van der Waals surface area (Å²) in [5, 5.41) is 60.8. The quantitative estimate of drug-likeness (QED) is 0.0147. The van der Waals surface area contributed by atoms with Gasteiger partial charge in [0, 0.05) is 47.0 Å². The van der Waals surface area contributed by atoms with Gasteiger partial charge in [0.2, 0.25) is 0 Å². The first-order valence-corrected chi connectivity index (χ1v) is 62.0. The van der Waals surface area contributed by atoms with Crippen LogP contribution in [0.15, 0.2) is 205 Å². The Hall–Kier alpha value is -6.69. The van der Waals surface area contributed by atoms with E-state index in [1.54, 1.807) is 128 Å². The molecule has 0 aliphatic carbocycles. The van der Waals surface area contributed by atoms with Crippen LogP contribution in [0.25, 0.3) is 0 Å². The van der Waals surface area contributed by atoms with Crippen molar-refractivity contribution < 1.29 is 121 Å². The molecular formula is C73H130As6N8O26S4. The summed E-state index contributed by atoms with van der Waals surface area (Å²) in [6, 6.07) is 12.7. The Morgan fingerprint density at radius 2 is 0.752 bits per heavy atom. The van der Waals surface area contributed by atoms with E-state index in [1.165, 1.54) is 38.2 Å². The van der Waals surface area contributed by atoms with Gasteiger partial charge in [-0.05, 0) is 25.0 Å². The van der Waals surface area contributed by atoms with Crippen LogP contribution < -0.4 is 6.15 Å². The maximum atomic E-state index is 13.0. The number of hydrogen-bond acceptors (Lipinski definition) is 28. The first kappa shape index (κ1) is 119. The van der Waals surface area contributed by atoms with Crippen molar-refractivity contribution >= 4 is 126 Å². The van der Waals surface area contributed by atoms with E-state index in [1.807, 2.05) is 45.0 Å². The first-order chi connectivity index (χ1) is 56.9. The van der Waals surface area contributed by atoms with E-state index in [0.717, 1.165) is 40.7 Å². The van der Waals surface area contributed by atoms with Gasteiger partial charge in [-0.3, -0.25) is 0 Å². The van der Waals surface area contributed by atoms with E-state index < -0.39 is 149 Å². The molecule has 2 aliphatic rings. The van der Waals surface area contributed by atoms with Gasteiger partial charge in [-0.2, -0.15) is 24.2 Å². The summed E-state index contributed by atoms with van der Waals surface area (Å²) in [6.07, 6.45) is 24.7. The summed E-state index contributed by atoms with van der Waals surface area (Å²) in [4.78, 5) is 0. The molecule has 117 heavy (non-hydrogen) atoms. The second kappa shape index (κ2) is 63.3. The monoisotopic (exact) mass is 2120 g/mol. The van der Waals surface area contributed by atoms with Crippen molar-refractivity contribution in [3.05, 3.63) is 205 Å². The fourth-order valence-electron chi connectivity index (χ4n) is 7.65. The molecule has 0 bridgehead atoms. The van der Waals surface area contributed by atoms with E-state index >= 15 is 0 Å². The van der Waals surface area contributed by atoms with E-state index in [-0.39, 0.29) is 86.1 Å². The fourth-order valence-corrected chi connectivity index (χ4v) is 30.4. The minimum absolute atomic E-state index is 0. The molecular weight excluding hydrogens is 1980 g/mol. The van der Waals surface area contributed by atoms with Crippen LogP contribution in [0.1, 0.15) is 127 Å². The molecule has 0 aromatic carbocycles. The van der Waals surface area contributed by atoms with Gasteiger partial charge < -0.3 is 6.15 Å². The molecule has 672 valence electrons. The zero-order chi connectivity index (χ0) is 101. The van der Waals surface area contributed by atoms with Crippen molar-refractivity contribution in [2.24, 2.45) is 0 Å². The van der Waals surface area contributed by atoms with Crippen molar-refractivity contribution in [3.8, 4) is 42.5 Å². The predicted molar refractivity (Wildman–Crippen MR) is 469 cm³/mol. The largest absolute Gasteiger partial charge is 0.344 e. The third-order valence-electron chi connectivity index (χ3n) is 14.2. The van der Waals surface area contributed by atoms with E-state index in [9.17, 15) is 47.7 Å². The molecule has 0 radical (unpaired) electrons. The number of allylic oxidation sites excluding steroid dienone is 23. The molecule has 5 atom stereocenters. The molecule has 34 nitrogen and oxygen atoms in total. The Labute approximate surface area is 731 Å².